The standard InChI is InChI=1S/C13H29NO/c1-4-7-8-9-10-11-12(14)13(5-2)15-6-3/h12-13H,4-11,14H2,1-3H3. The van der Waals surface area contributed by atoms with E-state index in [2.05, 4.69) is 13.8 Å². The minimum absolute atomic E-state index is 0.233. The summed E-state index contributed by atoms with van der Waals surface area (Å²) < 4.78 is 5.61. The Hall–Kier alpha value is -0.0800. The molecular weight excluding hydrogens is 186 g/mol. The van der Waals surface area contributed by atoms with Crippen molar-refractivity contribution in [1.82, 2.24) is 0 Å². The zero-order valence-electron chi connectivity index (χ0n) is 10.8. The van der Waals surface area contributed by atoms with Crippen molar-refractivity contribution >= 4 is 0 Å². The Morgan fingerprint density at radius 1 is 1.00 bits per heavy atom. The molecule has 2 heteroatoms. The lowest BCUT2D eigenvalue weighted by atomic mass is 10.0. The summed E-state index contributed by atoms with van der Waals surface area (Å²) in [5.41, 5.74) is 6.10. The lowest BCUT2D eigenvalue weighted by molar-refractivity contribution is 0.0391. The molecule has 0 spiro atoms. The molecule has 0 aliphatic heterocycles. The molecule has 2 unspecified atom stereocenters. The minimum atomic E-state index is 0.233. The van der Waals surface area contributed by atoms with Crippen LogP contribution in [0.25, 0.3) is 0 Å². The zero-order chi connectivity index (χ0) is 11.5. The Morgan fingerprint density at radius 2 is 1.67 bits per heavy atom. The molecule has 0 saturated carbocycles. The first-order valence-electron chi connectivity index (χ1n) is 6.63. The van der Waals surface area contributed by atoms with Crippen molar-refractivity contribution < 1.29 is 4.74 Å². The van der Waals surface area contributed by atoms with Gasteiger partial charge in [0.25, 0.3) is 0 Å². The Balaban J connectivity index is 3.48. The van der Waals surface area contributed by atoms with Gasteiger partial charge in [0.05, 0.1) is 6.10 Å². The fourth-order valence-corrected chi connectivity index (χ4v) is 1.93. The molecule has 0 aromatic carbocycles. The molecule has 0 aliphatic carbocycles. The third kappa shape index (κ3) is 7.80. The van der Waals surface area contributed by atoms with Crippen LogP contribution in [0.15, 0.2) is 0 Å². The number of unbranched alkanes of at least 4 members (excludes halogenated alkanes) is 4. The molecule has 0 aliphatic rings. The Morgan fingerprint density at radius 3 is 2.20 bits per heavy atom. The van der Waals surface area contributed by atoms with Gasteiger partial charge in [0, 0.05) is 12.6 Å². The summed E-state index contributed by atoms with van der Waals surface area (Å²) in [5, 5.41) is 0. The van der Waals surface area contributed by atoms with Crippen LogP contribution in [0.3, 0.4) is 0 Å². The van der Waals surface area contributed by atoms with Crippen molar-refractivity contribution in [2.24, 2.45) is 5.73 Å². The summed E-state index contributed by atoms with van der Waals surface area (Å²) in [6.45, 7) is 7.21. The van der Waals surface area contributed by atoms with Gasteiger partial charge in [-0.2, -0.15) is 0 Å². The Labute approximate surface area is 95.6 Å². The maximum absolute atomic E-state index is 6.10. The maximum atomic E-state index is 6.10. The molecule has 0 aromatic heterocycles. The van der Waals surface area contributed by atoms with E-state index in [1.807, 2.05) is 6.92 Å². The second-order valence-corrected chi connectivity index (χ2v) is 4.27. The molecule has 15 heavy (non-hydrogen) atoms. The number of hydrogen-bond donors (Lipinski definition) is 1. The molecule has 0 heterocycles. The van der Waals surface area contributed by atoms with Crippen molar-refractivity contribution in [2.75, 3.05) is 6.61 Å². The van der Waals surface area contributed by atoms with E-state index in [0.29, 0.717) is 0 Å². The third-order valence-corrected chi connectivity index (χ3v) is 2.90. The van der Waals surface area contributed by atoms with Crippen LogP contribution in [0.4, 0.5) is 0 Å². The van der Waals surface area contributed by atoms with Crippen LogP contribution in [-0.4, -0.2) is 18.8 Å². The molecule has 0 bridgehead atoms. The van der Waals surface area contributed by atoms with Gasteiger partial charge in [-0.15, -0.1) is 0 Å². The zero-order valence-corrected chi connectivity index (χ0v) is 10.8. The molecule has 0 fully saturated rings. The van der Waals surface area contributed by atoms with E-state index in [4.69, 9.17) is 10.5 Å². The molecule has 2 nitrogen and oxygen atoms in total. The number of nitrogens with two attached hydrogens (primary N) is 1. The predicted molar refractivity (Wildman–Crippen MR) is 67.1 cm³/mol. The van der Waals surface area contributed by atoms with Crippen molar-refractivity contribution in [2.45, 2.75) is 77.9 Å². The molecule has 0 radical (unpaired) electrons. The van der Waals surface area contributed by atoms with Crippen LogP contribution < -0.4 is 5.73 Å². The van der Waals surface area contributed by atoms with Gasteiger partial charge in [-0.25, -0.2) is 0 Å². The minimum Gasteiger partial charge on any atom is -0.377 e. The quantitative estimate of drug-likeness (QED) is 0.566. The summed E-state index contributed by atoms with van der Waals surface area (Å²) in [4.78, 5) is 0. The molecule has 0 amide bonds. The average Bonchev–Trinajstić information content (AvgIpc) is 2.25. The lowest BCUT2D eigenvalue weighted by Gasteiger charge is -2.22. The topological polar surface area (TPSA) is 35.2 Å². The molecule has 92 valence electrons. The Kier molecular flexibility index (Phi) is 10.4. The average molecular weight is 215 g/mol. The van der Waals surface area contributed by atoms with E-state index in [1.54, 1.807) is 0 Å². The largest absolute Gasteiger partial charge is 0.377 e. The fourth-order valence-electron chi connectivity index (χ4n) is 1.93. The lowest BCUT2D eigenvalue weighted by Crippen LogP contribution is -2.36. The van der Waals surface area contributed by atoms with Crippen molar-refractivity contribution in [3.05, 3.63) is 0 Å². The number of hydrogen-bond acceptors (Lipinski definition) is 2. The van der Waals surface area contributed by atoms with E-state index in [1.165, 1.54) is 32.1 Å². The highest BCUT2D eigenvalue weighted by atomic mass is 16.5. The molecule has 0 aromatic rings. The SMILES string of the molecule is CCCCCCCC(N)C(CC)OCC. The molecule has 0 rings (SSSR count). The van der Waals surface area contributed by atoms with Crippen LogP contribution in [0.2, 0.25) is 0 Å². The number of ether oxygens (including phenoxy) is 1. The van der Waals surface area contributed by atoms with Gasteiger partial charge in [0.15, 0.2) is 0 Å². The van der Waals surface area contributed by atoms with Gasteiger partial charge in [-0.3, -0.25) is 0 Å². The highest BCUT2D eigenvalue weighted by Crippen LogP contribution is 2.11. The predicted octanol–water partition coefficient (Wildman–Crippen LogP) is 3.49. The number of rotatable bonds is 10. The van der Waals surface area contributed by atoms with Crippen molar-refractivity contribution in [1.29, 1.82) is 0 Å². The van der Waals surface area contributed by atoms with E-state index >= 15 is 0 Å². The first-order chi connectivity index (χ1) is 7.26. The smallest absolute Gasteiger partial charge is 0.0723 e. The second kappa shape index (κ2) is 10.4. The summed E-state index contributed by atoms with van der Waals surface area (Å²) in [5.74, 6) is 0. The maximum Gasteiger partial charge on any atom is 0.0723 e. The van der Waals surface area contributed by atoms with Crippen LogP contribution in [0.1, 0.15) is 65.7 Å². The Bertz CT molecular complexity index is 128. The van der Waals surface area contributed by atoms with Gasteiger partial charge in [0.2, 0.25) is 0 Å². The monoisotopic (exact) mass is 215 g/mol. The third-order valence-electron chi connectivity index (χ3n) is 2.90. The summed E-state index contributed by atoms with van der Waals surface area (Å²) in [6.07, 6.45) is 9.01. The summed E-state index contributed by atoms with van der Waals surface area (Å²) in [6, 6.07) is 0.233. The first-order valence-corrected chi connectivity index (χ1v) is 6.63. The highest BCUT2D eigenvalue weighted by Gasteiger charge is 2.14. The van der Waals surface area contributed by atoms with E-state index in [-0.39, 0.29) is 12.1 Å². The van der Waals surface area contributed by atoms with Crippen LogP contribution in [0, 0.1) is 0 Å². The van der Waals surface area contributed by atoms with Crippen molar-refractivity contribution in [3.63, 3.8) is 0 Å². The van der Waals surface area contributed by atoms with Crippen LogP contribution >= 0.6 is 0 Å². The molecule has 2 N–H and O–H groups in total. The van der Waals surface area contributed by atoms with Crippen LogP contribution in [-0.2, 0) is 4.74 Å². The highest BCUT2D eigenvalue weighted by molar-refractivity contribution is 4.72. The van der Waals surface area contributed by atoms with E-state index in [0.717, 1.165) is 19.4 Å². The molecular formula is C13H29NO. The first kappa shape index (κ1) is 14.9. The van der Waals surface area contributed by atoms with Gasteiger partial charge >= 0.3 is 0 Å². The molecule has 0 saturated heterocycles. The van der Waals surface area contributed by atoms with Gasteiger partial charge in [0.1, 0.15) is 0 Å². The summed E-state index contributed by atoms with van der Waals surface area (Å²) >= 11 is 0. The van der Waals surface area contributed by atoms with Crippen LogP contribution in [0.5, 0.6) is 0 Å². The van der Waals surface area contributed by atoms with E-state index < -0.39 is 0 Å². The second-order valence-electron chi connectivity index (χ2n) is 4.27. The van der Waals surface area contributed by atoms with E-state index in [9.17, 15) is 0 Å². The van der Waals surface area contributed by atoms with Crippen molar-refractivity contribution in [3.8, 4) is 0 Å². The van der Waals surface area contributed by atoms with Gasteiger partial charge < -0.3 is 10.5 Å². The fraction of sp³-hybridized carbons (Fsp3) is 1.00. The summed E-state index contributed by atoms with van der Waals surface area (Å²) in [7, 11) is 0. The molecule has 2 atom stereocenters. The normalized spacial score (nSPS) is 15.2. The van der Waals surface area contributed by atoms with Gasteiger partial charge in [-0.05, 0) is 19.8 Å². The van der Waals surface area contributed by atoms with Gasteiger partial charge in [-0.1, -0.05) is 46.0 Å².